The lowest BCUT2D eigenvalue weighted by Gasteiger charge is -1.97. The number of carbonyl (C=O) groups excluding carboxylic acids is 1. The van der Waals surface area contributed by atoms with Crippen molar-refractivity contribution in [2.45, 2.75) is 31.9 Å². The molecule has 1 aromatic rings. The van der Waals surface area contributed by atoms with E-state index < -0.39 is 0 Å². The SMILES string of the molecule is CCc1ccc(CSCC(=O)C2CC2)o1. The van der Waals surface area contributed by atoms with Crippen LogP contribution >= 0.6 is 11.8 Å². The number of thioether (sulfide) groups is 1. The van der Waals surface area contributed by atoms with E-state index in [2.05, 4.69) is 6.92 Å². The highest BCUT2D eigenvalue weighted by Crippen LogP contribution is 2.31. The maximum Gasteiger partial charge on any atom is 0.145 e. The number of aryl methyl sites for hydroxylation is 1. The molecular formula is C12H16O2S. The minimum absolute atomic E-state index is 0.389. The lowest BCUT2D eigenvalue weighted by atomic mass is 10.3. The van der Waals surface area contributed by atoms with Gasteiger partial charge in [0.2, 0.25) is 0 Å². The molecule has 0 spiro atoms. The first kappa shape index (κ1) is 10.8. The molecule has 0 radical (unpaired) electrons. The third-order valence-corrected chi connectivity index (χ3v) is 3.56. The van der Waals surface area contributed by atoms with Gasteiger partial charge >= 0.3 is 0 Å². The molecule has 2 nitrogen and oxygen atoms in total. The van der Waals surface area contributed by atoms with Gasteiger partial charge in [-0.1, -0.05) is 6.92 Å². The number of hydrogen-bond donors (Lipinski definition) is 0. The minimum Gasteiger partial charge on any atom is -0.465 e. The molecule has 0 N–H and O–H groups in total. The van der Waals surface area contributed by atoms with Crippen molar-refractivity contribution in [2.75, 3.05) is 5.75 Å². The van der Waals surface area contributed by atoms with E-state index in [1.54, 1.807) is 11.8 Å². The summed E-state index contributed by atoms with van der Waals surface area (Å²) in [6.07, 6.45) is 3.16. The molecule has 1 saturated carbocycles. The van der Waals surface area contributed by atoms with Crippen LogP contribution in [0.15, 0.2) is 16.5 Å². The third-order valence-electron chi connectivity index (χ3n) is 2.59. The van der Waals surface area contributed by atoms with Gasteiger partial charge in [0.05, 0.1) is 11.5 Å². The predicted molar refractivity (Wildman–Crippen MR) is 62.0 cm³/mol. The summed E-state index contributed by atoms with van der Waals surface area (Å²) in [5.41, 5.74) is 0. The zero-order valence-corrected chi connectivity index (χ0v) is 9.81. The predicted octanol–water partition coefficient (Wildman–Crippen LogP) is 3.05. The zero-order chi connectivity index (χ0) is 10.7. The molecule has 0 unspecified atom stereocenters. The second kappa shape index (κ2) is 4.88. The first-order valence-electron chi connectivity index (χ1n) is 5.47. The van der Waals surface area contributed by atoms with Crippen LogP contribution < -0.4 is 0 Å². The van der Waals surface area contributed by atoms with Crippen molar-refractivity contribution >= 4 is 17.5 Å². The van der Waals surface area contributed by atoms with Gasteiger partial charge in [-0.25, -0.2) is 0 Å². The molecule has 1 aromatic heterocycles. The quantitative estimate of drug-likeness (QED) is 0.744. The van der Waals surface area contributed by atoms with E-state index >= 15 is 0 Å². The molecular weight excluding hydrogens is 208 g/mol. The number of ketones is 1. The van der Waals surface area contributed by atoms with E-state index in [9.17, 15) is 4.79 Å². The van der Waals surface area contributed by atoms with Crippen molar-refractivity contribution < 1.29 is 9.21 Å². The maximum atomic E-state index is 11.4. The van der Waals surface area contributed by atoms with Crippen molar-refractivity contribution in [3.05, 3.63) is 23.7 Å². The Kier molecular flexibility index (Phi) is 3.52. The Labute approximate surface area is 94.4 Å². The Morgan fingerprint density at radius 3 is 2.80 bits per heavy atom. The fourth-order valence-electron chi connectivity index (χ4n) is 1.47. The van der Waals surface area contributed by atoms with E-state index in [0.29, 0.717) is 17.5 Å². The van der Waals surface area contributed by atoms with Gasteiger partial charge in [-0.3, -0.25) is 4.79 Å². The average Bonchev–Trinajstić information content (AvgIpc) is 2.99. The number of Topliss-reactive ketones (excluding diaryl/α,β-unsaturated/α-hetero) is 1. The minimum atomic E-state index is 0.389. The lowest BCUT2D eigenvalue weighted by molar-refractivity contribution is -0.117. The van der Waals surface area contributed by atoms with Crippen LogP contribution in [0.25, 0.3) is 0 Å². The fourth-order valence-corrected chi connectivity index (χ4v) is 2.36. The summed E-state index contributed by atoms with van der Waals surface area (Å²) >= 11 is 1.66. The largest absolute Gasteiger partial charge is 0.465 e. The van der Waals surface area contributed by atoms with Crippen LogP contribution in [0.4, 0.5) is 0 Å². The molecule has 0 bridgehead atoms. The molecule has 1 aliphatic carbocycles. The topological polar surface area (TPSA) is 30.2 Å². The summed E-state index contributed by atoms with van der Waals surface area (Å²) in [5, 5.41) is 0. The van der Waals surface area contributed by atoms with Gasteiger partial charge in [-0.15, -0.1) is 11.8 Å². The van der Waals surface area contributed by atoms with E-state index in [1.165, 1.54) is 0 Å². The Morgan fingerprint density at radius 1 is 1.47 bits per heavy atom. The van der Waals surface area contributed by atoms with Gasteiger partial charge in [0.25, 0.3) is 0 Å². The number of furan rings is 1. The Morgan fingerprint density at radius 2 is 2.20 bits per heavy atom. The molecule has 82 valence electrons. The van der Waals surface area contributed by atoms with Crippen LogP contribution in [0.1, 0.15) is 31.3 Å². The van der Waals surface area contributed by atoms with Crippen LogP contribution in [0.2, 0.25) is 0 Å². The molecule has 2 rings (SSSR count). The van der Waals surface area contributed by atoms with Crippen LogP contribution in [-0.4, -0.2) is 11.5 Å². The summed E-state index contributed by atoms with van der Waals surface area (Å²) in [5.74, 6) is 4.29. The average molecular weight is 224 g/mol. The summed E-state index contributed by atoms with van der Waals surface area (Å²) in [4.78, 5) is 11.4. The summed E-state index contributed by atoms with van der Waals surface area (Å²) in [6, 6.07) is 4.02. The molecule has 0 aliphatic heterocycles. The number of hydrogen-bond acceptors (Lipinski definition) is 3. The Bertz CT molecular complexity index is 339. The van der Waals surface area contributed by atoms with Gasteiger partial charge in [-0.05, 0) is 25.0 Å². The standard InChI is InChI=1S/C12H16O2S/c1-2-10-5-6-11(14-10)7-15-8-12(13)9-3-4-9/h5-6,9H,2-4,7-8H2,1H3. The monoisotopic (exact) mass is 224 g/mol. The van der Waals surface area contributed by atoms with Crippen molar-refractivity contribution in [3.63, 3.8) is 0 Å². The van der Waals surface area contributed by atoms with Gasteiger partial charge in [0.1, 0.15) is 17.3 Å². The first-order chi connectivity index (χ1) is 7.29. The highest BCUT2D eigenvalue weighted by molar-refractivity contribution is 7.99. The molecule has 1 heterocycles. The highest BCUT2D eigenvalue weighted by atomic mass is 32.2. The van der Waals surface area contributed by atoms with E-state index in [1.807, 2.05) is 12.1 Å². The summed E-state index contributed by atoms with van der Waals surface area (Å²) in [6.45, 7) is 2.08. The van der Waals surface area contributed by atoms with Crippen LogP contribution in [0, 0.1) is 5.92 Å². The van der Waals surface area contributed by atoms with Gasteiger partial charge in [0, 0.05) is 12.3 Å². The fraction of sp³-hybridized carbons (Fsp3) is 0.583. The summed E-state index contributed by atoms with van der Waals surface area (Å²) < 4.78 is 5.56. The smallest absolute Gasteiger partial charge is 0.145 e. The van der Waals surface area contributed by atoms with Crippen molar-refractivity contribution in [1.29, 1.82) is 0 Å². The molecule has 0 aromatic carbocycles. The molecule has 1 fully saturated rings. The van der Waals surface area contributed by atoms with Crippen LogP contribution in [-0.2, 0) is 17.0 Å². The van der Waals surface area contributed by atoms with Crippen molar-refractivity contribution in [3.8, 4) is 0 Å². The van der Waals surface area contributed by atoms with E-state index in [-0.39, 0.29) is 0 Å². The van der Waals surface area contributed by atoms with Crippen molar-refractivity contribution in [1.82, 2.24) is 0 Å². The normalized spacial score (nSPS) is 15.5. The molecule has 1 aliphatic rings. The molecule has 0 atom stereocenters. The number of carbonyl (C=O) groups is 1. The van der Waals surface area contributed by atoms with Gasteiger partial charge in [-0.2, -0.15) is 0 Å². The van der Waals surface area contributed by atoms with E-state index in [0.717, 1.165) is 36.5 Å². The first-order valence-corrected chi connectivity index (χ1v) is 6.63. The molecule has 3 heteroatoms. The Balaban J connectivity index is 1.70. The zero-order valence-electron chi connectivity index (χ0n) is 8.99. The Hall–Kier alpha value is -0.700. The second-order valence-corrected chi connectivity index (χ2v) is 4.94. The van der Waals surface area contributed by atoms with Crippen LogP contribution in [0.5, 0.6) is 0 Å². The molecule has 15 heavy (non-hydrogen) atoms. The molecule has 0 saturated heterocycles. The second-order valence-electron chi connectivity index (χ2n) is 3.95. The maximum absolute atomic E-state index is 11.4. The van der Waals surface area contributed by atoms with Crippen LogP contribution in [0.3, 0.4) is 0 Å². The van der Waals surface area contributed by atoms with Gasteiger partial charge in [0.15, 0.2) is 0 Å². The summed E-state index contributed by atoms with van der Waals surface area (Å²) in [7, 11) is 0. The van der Waals surface area contributed by atoms with Crippen molar-refractivity contribution in [2.24, 2.45) is 5.92 Å². The highest BCUT2D eigenvalue weighted by Gasteiger charge is 2.28. The molecule has 0 amide bonds. The number of rotatable bonds is 6. The third kappa shape index (κ3) is 3.13. The lowest BCUT2D eigenvalue weighted by Crippen LogP contribution is -2.03. The van der Waals surface area contributed by atoms with Gasteiger partial charge < -0.3 is 4.42 Å². The van der Waals surface area contributed by atoms with E-state index in [4.69, 9.17) is 4.42 Å².